The molecule has 0 spiro atoms. The van der Waals surface area contributed by atoms with Gasteiger partial charge in [-0.15, -0.1) is 0 Å². The fraction of sp³-hybridized carbons (Fsp3) is 0.556. The van der Waals surface area contributed by atoms with Crippen molar-refractivity contribution >= 4 is 11.7 Å². The summed E-state index contributed by atoms with van der Waals surface area (Å²) < 4.78 is 0. The van der Waals surface area contributed by atoms with E-state index in [1.54, 1.807) is 12.1 Å². The average Bonchev–Trinajstić information content (AvgIpc) is 2.45. The lowest BCUT2D eigenvalue weighted by atomic mass is 9.87. The third-order valence-electron chi connectivity index (χ3n) is 3.98. The van der Waals surface area contributed by atoms with Gasteiger partial charge < -0.3 is 4.90 Å². The van der Waals surface area contributed by atoms with Crippen LogP contribution in [0.4, 0.5) is 0 Å². The van der Waals surface area contributed by atoms with Crippen molar-refractivity contribution in [2.75, 3.05) is 0 Å². The molecule has 1 aromatic carbocycles. The van der Waals surface area contributed by atoms with Crippen LogP contribution in [0, 0.1) is 11.8 Å². The second-order valence-corrected chi connectivity index (χ2v) is 6.24. The van der Waals surface area contributed by atoms with E-state index in [1.807, 2.05) is 64.6 Å². The first-order chi connectivity index (χ1) is 9.77. The van der Waals surface area contributed by atoms with E-state index in [2.05, 4.69) is 0 Å². The zero-order chi connectivity index (χ0) is 16.2. The molecule has 2 atom stereocenters. The van der Waals surface area contributed by atoms with Crippen molar-refractivity contribution in [1.29, 1.82) is 0 Å². The molecule has 0 bridgehead atoms. The number of hydrogen-bond acceptors (Lipinski definition) is 2. The maximum Gasteiger partial charge on any atom is 0.226 e. The molecule has 3 heteroatoms. The van der Waals surface area contributed by atoms with Gasteiger partial charge >= 0.3 is 0 Å². The first-order valence-corrected chi connectivity index (χ1v) is 7.68. The van der Waals surface area contributed by atoms with E-state index >= 15 is 0 Å². The van der Waals surface area contributed by atoms with E-state index in [-0.39, 0.29) is 35.6 Å². The molecule has 3 nitrogen and oxygen atoms in total. The van der Waals surface area contributed by atoms with Crippen LogP contribution < -0.4 is 0 Å². The molecule has 1 rings (SSSR count). The average molecular weight is 289 g/mol. The van der Waals surface area contributed by atoms with Gasteiger partial charge in [0.2, 0.25) is 5.91 Å². The summed E-state index contributed by atoms with van der Waals surface area (Å²) in [7, 11) is 0. The largest absolute Gasteiger partial charge is 0.338 e. The Bertz CT molecular complexity index is 471. The molecule has 0 aliphatic carbocycles. The Morgan fingerprint density at radius 2 is 1.29 bits per heavy atom. The van der Waals surface area contributed by atoms with Crippen LogP contribution in [0.3, 0.4) is 0 Å². The van der Waals surface area contributed by atoms with Crippen molar-refractivity contribution < 1.29 is 9.59 Å². The van der Waals surface area contributed by atoms with Crippen molar-refractivity contribution in [3.8, 4) is 0 Å². The molecule has 0 saturated heterocycles. The van der Waals surface area contributed by atoms with Gasteiger partial charge in [-0.2, -0.15) is 0 Å². The third kappa shape index (κ3) is 4.16. The monoisotopic (exact) mass is 289 g/mol. The van der Waals surface area contributed by atoms with Gasteiger partial charge in [0.25, 0.3) is 0 Å². The number of amides is 1. The minimum atomic E-state index is -0.320. The summed E-state index contributed by atoms with van der Waals surface area (Å²) >= 11 is 0. The van der Waals surface area contributed by atoms with Gasteiger partial charge in [0.1, 0.15) is 0 Å². The Morgan fingerprint density at radius 1 is 0.810 bits per heavy atom. The van der Waals surface area contributed by atoms with E-state index in [1.165, 1.54) is 0 Å². The topological polar surface area (TPSA) is 37.4 Å². The number of benzene rings is 1. The zero-order valence-electron chi connectivity index (χ0n) is 14.0. The lowest BCUT2D eigenvalue weighted by Crippen LogP contribution is -2.46. The first-order valence-electron chi connectivity index (χ1n) is 7.68. The van der Waals surface area contributed by atoms with Crippen LogP contribution in [0.5, 0.6) is 0 Å². The molecule has 1 amide bonds. The van der Waals surface area contributed by atoms with Crippen LogP contribution >= 0.6 is 0 Å². The Hall–Kier alpha value is -1.64. The molecule has 0 saturated carbocycles. The summed E-state index contributed by atoms with van der Waals surface area (Å²) in [6, 6.07) is 9.46. The quantitative estimate of drug-likeness (QED) is 0.747. The minimum Gasteiger partial charge on any atom is -0.338 e. The highest BCUT2D eigenvalue weighted by atomic mass is 16.2. The van der Waals surface area contributed by atoms with Crippen LogP contribution in [0.2, 0.25) is 0 Å². The third-order valence-corrected chi connectivity index (χ3v) is 3.98. The van der Waals surface area contributed by atoms with Crippen molar-refractivity contribution in [2.24, 2.45) is 11.8 Å². The van der Waals surface area contributed by atoms with Crippen molar-refractivity contribution in [1.82, 2.24) is 4.90 Å². The van der Waals surface area contributed by atoms with Gasteiger partial charge in [0.05, 0.1) is 0 Å². The van der Waals surface area contributed by atoms with Crippen molar-refractivity contribution in [3.63, 3.8) is 0 Å². The van der Waals surface area contributed by atoms with Gasteiger partial charge in [-0.25, -0.2) is 0 Å². The minimum absolute atomic E-state index is 0.0314. The maximum atomic E-state index is 12.7. The lowest BCUT2D eigenvalue weighted by molar-refractivity contribution is -0.139. The number of ketones is 1. The van der Waals surface area contributed by atoms with Gasteiger partial charge in [0, 0.05) is 29.5 Å². The predicted molar refractivity (Wildman–Crippen MR) is 86.2 cm³/mol. The highest BCUT2D eigenvalue weighted by molar-refractivity contribution is 6.00. The number of Topliss-reactive ketones (excluding diaryl/α,β-unsaturated/α-hetero) is 1. The summed E-state index contributed by atoms with van der Waals surface area (Å²) in [5.41, 5.74) is 0.672. The van der Waals surface area contributed by atoms with E-state index < -0.39 is 0 Å². The fourth-order valence-electron chi connectivity index (χ4n) is 2.65. The number of carbonyl (C=O) groups excluding carboxylic acids is 2. The van der Waals surface area contributed by atoms with Gasteiger partial charge in [-0.3, -0.25) is 9.59 Å². The highest BCUT2D eigenvalue weighted by Gasteiger charge is 2.32. The van der Waals surface area contributed by atoms with E-state index in [9.17, 15) is 9.59 Å². The molecular formula is C18H27NO2. The summed E-state index contributed by atoms with van der Waals surface area (Å²) in [6.07, 6.45) is 0. The summed E-state index contributed by atoms with van der Waals surface area (Å²) in [5, 5.41) is 0. The van der Waals surface area contributed by atoms with E-state index in [0.29, 0.717) is 5.56 Å². The molecule has 0 unspecified atom stereocenters. The Kier molecular flexibility index (Phi) is 6.13. The molecule has 1 aromatic rings. The van der Waals surface area contributed by atoms with Crippen molar-refractivity contribution in [2.45, 2.75) is 53.6 Å². The maximum absolute atomic E-state index is 12.7. The standard InChI is InChI=1S/C18H27NO2/c1-12(2)19(13(3)4)18(21)15(6)14(5)17(20)16-10-8-7-9-11-16/h7-15H,1-6H3/t14-,15-/m1/s1. The van der Waals surface area contributed by atoms with Crippen LogP contribution in [-0.4, -0.2) is 28.7 Å². The summed E-state index contributed by atoms with van der Waals surface area (Å²) in [5.74, 6) is -0.553. The second-order valence-electron chi connectivity index (χ2n) is 6.24. The summed E-state index contributed by atoms with van der Waals surface area (Å²) in [6.45, 7) is 11.7. The van der Waals surface area contributed by atoms with Crippen LogP contribution in [0.15, 0.2) is 30.3 Å². The molecule has 0 N–H and O–H groups in total. The Labute approximate surface area is 128 Å². The van der Waals surface area contributed by atoms with Crippen molar-refractivity contribution in [3.05, 3.63) is 35.9 Å². The van der Waals surface area contributed by atoms with Crippen LogP contribution in [-0.2, 0) is 4.79 Å². The van der Waals surface area contributed by atoms with Gasteiger partial charge in [-0.1, -0.05) is 44.2 Å². The predicted octanol–water partition coefficient (Wildman–Crippen LogP) is 3.79. The SMILES string of the molecule is CC(C)N(C(=O)[C@H](C)[C@@H](C)C(=O)c1ccccc1)C(C)C. The zero-order valence-corrected chi connectivity index (χ0v) is 14.0. The smallest absolute Gasteiger partial charge is 0.226 e. The molecule has 0 radical (unpaired) electrons. The van der Waals surface area contributed by atoms with Crippen LogP contribution in [0.25, 0.3) is 0 Å². The molecule has 116 valence electrons. The second kappa shape index (κ2) is 7.39. The molecule has 0 aliphatic rings. The summed E-state index contributed by atoms with van der Waals surface area (Å²) in [4.78, 5) is 27.0. The van der Waals surface area contributed by atoms with E-state index in [0.717, 1.165) is 0 Å². The highest BCUT2D eigenvalue weighted by Crippen LogP contribution is 2.21. The van der Waals surface area contributed by atoms with E-state index in [4.69, 9.17) is 0 Å². The molecule has 21 heavy (non-hydrogen) atoms. The number of nitrogens with zero attached hydrogens (tertiary/aromatic N) is 1. The molecule has 0 fully saturated rings. The number of hydrogen-bond donors (Lipinski definition) is 0. The normalized spacial score (nSPS) is 14.1. The Morgan fingerprint density at radius 3 is 1.71 bits per heavy atom. The number of carbonyl (C=O) groups is 2. The number of rotatable bonds is 6. The Balaban J connectivity index is 2.89. The molecule has 0 heterocycles. The van der Waals surface area contributed by atoms with Gasteiger partial charge in [0.15, 0.2) is 5.78 Å². The molecular weight excluding hydrogens is 262 g/mol. The molecule has 0 aliphatic heterocycles. The first kappa shape index (κ1) is 17.4. The molecule has 0 aromatic heterocycles. The fourth-order valence-corrected chi connectivity index (χ4v) is 2.65. The lowest BCUT2D eigenvalue weighted by Gasteiger charge is -2.34. The van der Waals surface area contributed by atoms with Crippen LogP contribution in [0.1, 0.15) is 51.9 Å². The van der Waals surface area contributed by atoms with Gasteiger partial charge in [-0.05, 0) is 27.7 Å².